The number of anilines is 1. The van der Waals surface area contributed by atoms with Crippen LogP contribution in [0.4, 0.5) is 5.69 Å². The third-order valence-corrected chi connectivity index (χ3v) is 5.33. The number of halogens is 1. The predicted octanol–water partition coefficient (Wildman–Crippen LogP) is 2.44. The molecule has 100 valence electrons. The van der Waals surface area contributed by atoms with Crippen LogP contribution in [0.1, 0.15) is 5.69 Å². The molecule has 0 saturated carbocycles. The van der Waals surface area contributed by atoms with Crippen LogP contribution in [0.2, 0.25) is 0 Å². The molecular formula is C13H13BrN2O2S. The first-order valence-electron chi connectivity index (χ1n) is 5.67. The molecule has 0 spiro atoms. The number of hydrogen-bond donors (Lipinski definition) is 1. The zero-order chi connectivity index (χ0) is 13.9. The molecule has 2 aromatic rings. The molecule has 0 atom stereocenters. The summed E-state index contributed by atoms with van der Waals surface area (Å²) in [6.07, 6.45) is 2.04. The zero-order valence-electron chi connectivity index (χ0n) is 10.1. The van der Waals surface area contributed by atoms with Gasteiger partial charge in [-0.05, 0) is 46.3 Å². The highest BCUT2D eigenvalue weighted by Crippen LogP contribution is 2.25. The van der Waals surface area contributed by atoms with Crippen molar-refractivity contribution in [1.29, 1.82) is 0 Å². The number of aromatic nitrogens is 1. The zero-order valence-corrected chi connectivity index (χ0v) is 12.5. The van der Waals surface area contributed by atoms with Gasteiger partial charge in [0.25, 0.3) is 0 Å². The van der Waals surface area contributed by atoms with Gasteiger partial charge in [0, 0.05) is 28.5 Å². The van der Waals surface area contributed by atoms with Crippen molar-refractivity contribution in [1.82, 2.24) is 4.98 Å². The SMILES string of the molecule is Nc1ccc(S(=O)(=O)CCc2ccccn2)c(Br)c1. The van der Waals surface area contributed by atoms with Crippen molar-refractivity contribution in [3.63, 3.8) is 0 Å². The van der Waals surface area contributed by atoms with Gasteiger partial charge in [-0.15, -0.1) is 0 Å². The van der Waals surface area contributed by atoms with Crippen molar-refractivity contribution in [2.75, 3.05) is 11.5 Å². The van der Waals surface area contributed by atoms with Gasteiger partial charge in [0.2, 0.25) is 0 Å². The van der Waals surface area contributed by atoms with E-state index >= 15 is 0 Å². The van der Waals surface area contributed by atoms with Crippen LogP contribution in [-0.4, -0.2) is 19.2 Å². The Hall–Kier alpha value is -1.40. The minimum absolute atomic E-state index is 0.0204. The third-order valence-electron chi connectivity index (χ3n) is 2.64. The maximum atomic E-state index is 12.2. The lowest BCUT2D eigenvalue weighted by atomic mass is 10.3. The Labute approximate surface area is 120 Å². The first kappa shape index (κ1) is 14.0. The molecule has 1 aromatic heterocycles. The van der Waals surface area contributed by atoms with Crippen molar-refractivity contribution in [3.8, 4) is 0 Å². The normalized spacial score (nSPS) is 11.4. The average Bonchev–Trinajstić information content (AvgIpc) is 2.37. The highest BCUT2D eigenvalue weighted by Gasteiger charge is 2.18. The second-order valence-corrected chi connectivity index (χ2v) is 7.01. The minimum atomic E-state index is -3.35. The van der Waals surface area contributed by atoms with Gasteiger partial charge >= 0.3 is 0 Å². The van der Waals surface area contributed by atoms with Crippen LogP contribution in [0.3, 0.4) is 0 Å². The predicted molar refractivity (Wildman–Crippen MR) is 78.5 cm³/mol. The van der Waals surface area contributed by atoms with Gasteiger partial charge in [0.05, 0.1) is 10.6 Å². The summed E-state index contributed by atoms with van der Waals surface area (Å²) in [6, 6.07) is 10.1. The molecule has 0 amide bonds. The van der Waals surface area contributed by atoms with Crippen molar-refractivity contribution in [2.24, 2.45) is 0 Å². The summed E-state index contributed by atoms with van der Waals surface area (Å²) in [6.45, 7) is 0. The number of aryl methyl sites for hydroxylation is 1. The molecule has 0 aliphatic heterocycles. The molecule has 0 saturated heterocycles. The Morgan fingerprint density at radius 3 is 2.63 bits per heavy atom. The maximum absolute atomic E-state index is 12.2. The monoisotopic (exact) mass is 340 g/mol. The van der Waals surface area contributed by atoms with Crippen LogP contribution >= 0.6 is 15.9 Å². The van der Waals surface area contributed by atoms with Gasteiger partial charge in [-0.3, -0.25) is 4.98 Å². The number of sulfone groups is 1. The van der Waals surface area contributed by atoms with Crippen LogP contribution in [0, 0.1) is 0 Å². The molecule has 2 N–H and O–H groups in total. The Bertz CT molecular complexity index is 672. The quantitative estimate of drug-likeness (QED) is 0.867. The lowest BCUT2D eigenvalue weighted by Gasteiger charge is -2.07. The Morgan fingerprint density at radius 1 is 1.21 bits per heavy atom. The van der Waals surface area contributed by atoms with E-state index in [4.69, 9.17) is 5.73 Å². The van der Waals surface area contributed by atoms with Crippen molar-refractivity contribution >= 4 is 31.5 Å². The molecule has 1 aromatic carbocycles. The number of nitrogen functional groups attached to an aromatic ring is 1. The van der Waals surface area contributed by atoms with E-state index in [0.717, 1.165) is 5.69 Å². The fourth-order valence-corrected chi connectivity index (χ4v) is 4.13. The van der Waals surface area contributed by atoms with Crippen LogP contribution in [0.25, 0.3) is 0 Å². The van der Waals surface area contributed by atoms with Crippen LogP contribution in [0.15, 0.2) is 52.0 Å². The van der Waals surface area contributed by atoms with E-state index in [1.54, 1.807) is 24.4 Å². The summed E-state index contributed by atoms with van der Waals surface area (Å²) in [4.78, 5) is 4.38. The van der Waals surface area contributed by atoms with E-state index in [1.165, 1.54) is 6.07 Å². The van der Waals surface area contributed by atoms with Crippen LogP contribution < -0.4 is 5.73 Å². The Balaban J connectivity index is 2.19. The van der Waals surface area contributed by atoms with E-state index in [0.29, 0.717) is 16.6 Å². The summed E-state index contributed by atoms with van der Waals surface area (Å²) in [7, 11) is -3.35. The maximum Gasteiger partial charge on any atom is 0.179 e. The van der Waals surface area contributed by atoms with Crippen molar-refractivity contribution < 1.29 is 8.42 Å². The summed E-state index contributed by atoms with van der Waals surface area (Å²) in [5.41, 5.74) is 6.89. The molecule has 1 heterocycles. The topological polar surface area (TPSA) is 73.1 Å². The summed E-state index contributed by atoms with van der Waals surface area (Å²) < 4.78 is 25.0. The summed E-state index contributed by atoms with van der Waals surface area (Å²) in [5, 5.41) is 0. The number of rotatable bonds is 4. The molecule has 0 aliphatic carbocycles. The molecule has 0 radical (unpaired) electrons. The average molecular weight is 341 g/mol. The number of hydrogen-bond acceptors (Lipinski definition) is 4. The minimum Gasteiger partial charge on any atom is -0.399 e. The molecule has 4 nitrogen and oxygen atoms in total. The van der Waals surface area contributed by atoms with Gasteiger partial charge in [0.15, 0.2) is 9.84 Å². The van der Waals surface area contributed by atoms with Crippen LogP contribution in [0.5, 0.6) is 0 Å². The van der Waals surface area contributed by atoms with E-state index < -0.39 is 9.84 Å². The number of benzene rings is 1. The van der Waals surface area contributed by atoms with Gasteiger partial charge in [-0.2, -0.15) is 0 Å². The van der Waals surface area contributed by atoms with Gasteiger partial charge < -0.3 is 5.73 Å². The van der Waals surface area contributed by atoms with E-state index in [2.05, 4.69) is 20.9 Å². The molecule has 0 unspecified atom stereocenters. The lowest BCUT2D eigenvalue weighted by Crippen LogP contribution is -2.10. The molecular weight excluding hydrogens is 328 g/mol. The Morgan fingerprint density at radius 2 is 2.00 bits per heavy atom. The highest BCUT2D eigenvalue weighted by atomic mass is 79.9. The van der Waals surface area contributed by atoms with Crippen LogP contribution in [-0.2, 0) is 16.3 Å². The molecule has 2 rings (SSSR count). The molecule has 6 heteroatoms. The molecule has 19 heavy (non-hydrogen) atoms. The molecule has 0 aliphatic rings. The fraction of sp³-hybridized carbons (Fsp3) is 0.154. The van der Waals surface area contributed by atoms with E-state index in [-0.39, 0.29) is 10.6 Å². The fourth-order valence-electron chi connectivity index (χ4n) is 1.66. The number of pyridine rings is 1. The highest BCUT2D eigenvalue weighted by molar-refractivity contribution is 9.10. The van der Waals surface area contributed by atoms with Gasteiger partial charge in [-0.25, -0.2) is 8.42 Å². The number of nitrogens with zero attached hydrogens (tertiary/aromatic N) is 1. The van der Waals surface area contributed by atoms with E-state index in [1.807, 2.05) is 12.1 Å². The first-order chi connectivity index (χ1) is 8.99. The Kier molecular flexibility index (Phi) is 4.21. The van der Waals surface area contributed by atoms with Crippen molar-refractivity contribution in [3.05, 3.63) is 52.8 Å². The third kappa shape index (κ3) is 3.54. The largest absolute Gasteiger partial charge is 0.399 e. The summed E-state index contributed by atoms with van der Waals surface area (Å²) in [5.74, 6) is 0.0204. The summed E-state index contributed by atoms with van der Waals surface area (Å²) >= 11 is 3.23. The first-order valence-corrected chi connectivity index (χ1v) is 8.11. The molecule has 0 bridgehead atoms. The second kappa shape index (κ2) is 5.71. The van der Waals surface area contributed by atoms with Gasteiger partial charge in [0.1, 0.15) is 0 Å². The van der Waals surface area contributed by atoms with Crippen molar-refractivity contribution in [2.45, 2.75) is 11.3 Å². The number of nitrogens with two attached hydrogens (primary N) is 1. The smallest absolute Gasteiger partial charge is 0.179 e. The lowest BCUT2D eigenvalue weighted by molar-refractivity contribution is 0.594. The van der Waals surface area contributed by atoms with Gasteiger partial charge in [-0.1, -0.05) is 6.07 Å². The second-order valence-electron chi connectivity index (χ2n) is 4.08. The standard InChI is InChI=1S/C13H13BrN2O2S/c14-12-9-10(15)4-5-13(12)19(17,18)8-6-11-3-1-2-7-16-11/h1-5,7,9H,6,8,15H2. The molecule has 0 fully saturated rings. The van der Waals surface area contributed by atoms with E-state index in [9.17, 15) is 8.42 Å².